The van der Waals surface area contributed by atoms with Crippen LogP contribution in [0.5, 0.6) is 0 Å². The number of carboxylic acids is 1. The molecule has 0 aliphatic heterocycles. The van der Waals surface area contributed by atoms with Gasteiger partial charge >= 0.3 is 5.97 Å². The van der Waals surface area contributed by atoms with Crippen molar-refractivity contribution in [1.29, 1.82) is 0 Å². The molecule has 1 N–H and O–H groups in total. The second kappa shape index (κ2) is 5.19. The lowest BCUT2D eigenvalue weighted by molar-refractivity contribution is 0.0683. The van der Waals surface area contributed by atoms with Crippen LogP contribution in [-0.4, -0.2) is 25.8 Å². The normalized spacial score (nSPS) is 11.0. The van der Waals surface area contributed by atoms with Crippen molar-refractivity contribution in [2.24, 2.45) is 0 Å². The van der Waals surface area contributed by atoms with Crippen LogP contribution < -0.4 is 0 Å². The van der Waals surface area contributed by atoms with E-state index in [4.69, 9.17) is 28.3 Å². The van der Waals surface area contributed by atoms with Crippen molar-refractivity contribution in [2.75, 3.05) is 0 Å². The smallest absolute Gasteiger partial charge is 0.375 e. The molecule has 1 aromatic heterocycles. The summed E-state index contributed by atoms with van der Waals surface area (Å²) in [7, 11) is 0. The zero-order valence-corrected chi connectivity index (χ0v) is 11.8. The van der Waals surface area contributed by atoms with Crippen molar-refractivity contribution in [3.05, 3.63) is 39.9 Å². The van der Waals surface area contributed by atoms with Gasteiger partial charge in [-0.05, 0) is 12.1 Å². The van der Waals surface area contributed by atoms with Gasteiger partial charge in [-0.25, -0.2) is 14.5 Å². The SMILES string of the molecule is CC(C)c1nc(C(=O)O)nn1-c1c(Cl)cccc1Cl. The minimum absolute atomic E-state index is 0.0204. The van der Waals surface area contributed by atoms with Crippen LogP contribution >= 0.6 is 23.2 Å². The number of para-hydroxylation sites is 1. The molecular weight excluding hydrogens is 289 g/mol. The quantitative estimate of drug-likeness (QED) is 0.943. The van der Waals surface area contributed by atoms with E-state index >= 15 is 0 Å². The van der Waals surface area contributed by atoms with E-state index in [1.807, 2.05) is 13.8 Å². The maximum Gasteiger partial charge on any atom is 0.375 e. The molecule has 0 aliphatic carbocycles. The van der Waals surface area contributed by atoms with Crippen molar-refractivity contribution in [2.45, 2.75) is 19.8 Å². The maximum absolute atomic E-state index is 11.0. The molecule has 2 rings (SSSR count). The highest BCUT2D eigenvalue weighted by atomic mass is 35.5. The lowest BCUT2D eigenvalue weighted by Gasteiger charge is -2.11. The highest BCUT2D eigenvalue weighted by Crippen LogP contribution is 2.30. The Morgan fingerprint density at radius 3 is 2.37 bits per heavy atom. The molecule has 7 heteroatoms. The number of hydrogen-bond donors (Lipinski definition) is 1. The van der Waals surface area contributed by atoms with Crippen molar-refractivity contribution in [3.63, 3.8) is 0 Å². The molecule has 0 unspecified atom stereocenters. The van der Waals surface area contributed by atoms with Crippen LogP contribution in [0.4, 0.5) is 0 Å². The number of nitrogens with zero attached hydrogens (tertiary/aromatic N) is 3. The van der Waals surface area contributed by atoms with E-state index in [1.54, 1.807) is 18.2 Å². The second-order valence-corrected chi connectivity index (χ2v) is 5.05. The third-order valence-electron chi connectivity index (χ3n) is 2.49. The summed E-state index contributed by atoms with van der Waals surface area (Å²) in [6, 6.07) is 5.03. The Bertz CT molecular complexity index is 618. The molecule has 100 valence electrons. The molecule has 19 heavy (non-hydrogen) atoms. The summed E-state index contributed by atoms with van der Waals surface area (Å²) in [5, 5.41) is 13.7. The monoisotopic (exact) mass is 299 g/mol. The molecule has 0 radical (unpaired) electrons. The van der Waals surface area contributed by atoms with Gasteiger partial charge in [-0.1, -0.05) is 43.1 Å². The van der Waals surface area contributed by atoms with Gasteiger partial charge in [-0.15, -0.1) is 5.10 Å². The fourth-order valence-electron chi connectivity index (χ4n) is 1.64. The zero-order valence-electron chi connectivity index (χ0n) is 10.3. The minimum atomic E-state index is -1.19. The largest absolute Gasteiger partial charge is 0.475 e. The van der Waals surface area contributed by atoms with E-state index in [-0.39, 0.29) is 11.7 Å². The van der Waals surface area contributed by atoms with Crippen molar-refractivity contribution < 1.29 is 9.90 Å². The summed E-state index contributed by atoms with van der Waals surface area (Å²) in [5.74, 6) is -0.996. The lowest BCUT2D eigenvalue weighted by Crippen LogP contribution is -2.06. The summed E-state index contributed by atoms with van der Waals surface area (Å²) in [5.41, 5.74) is 0.439. The first-order valence-corrected chi connectivity index (χ1v) is 6.32. The Morgan fingerprint density at radius 2 is 1.89 bits per heavy atom. The van der Waals surface area contributed by atoms with E-state index in [2.05, 4.69) is 10.1 Å². The molecule has 0 fully saturated rings. The summed E-state index contributed by atoms with van der Waals surface area (Å²) < 4.78 is 1.39. The number of aromatic carboxylic acids is 1. The van der Waals surface area contributed by atoms with Crippen molar-refractivity contribution in [3.8, 4) is 5.69 Å². The van der Waals surface area contributed by atoms with Crippen LogP contribution in [0.25, 0.3) is 5.69 Å². The number of rotatable bonds is 3. The number of carboxylic acid groups (broad SMARTS) is 1. The standard InChI is InChI=1S/C12H11Cl2N3O2/c1-6(2)11-15-10(12(18)19)16-17(11)9-7(13)4-3-5-8(9)14/h3-6H,1-2H3,(H,18,19). The molecule has 0 spiro atoms. The van der Waals surface area contributed by atoms with Crippen LogP contribution in [0.15, 0.2) is 18.2 Å². The van der Waals surface area contributed by atoms with Crippen LogP contribution in [0, 0.1) is 0 Å². The van der Waals surface area contributed by atoms with Crippen molar-refractivity contribution in [1.82, 2.24) is 14.8 Å². The highest BCUT2D eigenvalue weighted by Gasteiger charge is 2.21. The van der Waals surface area contributed by atoms with Crippen LogP contribution in [0.1, 0.15) is 36.2 Å². The van der Waals surface area contributed by atoms with Gasteiger partial charge in [0, 0.05) is 5.92 Å². The molecule has 1 heterocycles. The average Bonchev–Trinajstić information content (AvgIpc) is 2.73. The topological polar surface area (TPSA) is 68.0 Å². The first-order chi connectivity index (χ1) is 8.91. The molecule has 2 aromatic rings. The molecule has 0 amide bonds. The second-order valence-electron chi connectivity index (χ2n) is 4.24. The Hall–Kier alpha value is -1.59. The fourth-order valence-corrected chi connectivity index (χ4v) is 2.20. The molecule has 0 bridgehead atoms. The Kier molecular flexibility index (Phi) is 3.78. The lowest BCUT2D eigenvalue weighted by atomic mass is 10.2. The van der Waals surface area contributed by atoms with Crippen LogP contribution in [0.2, 0.25) is 10.0 Å². The fraction of sp³-hybridized carbons (Fsp3) is 0.250. The molecule has 0 aliphatic rings. The van der Waals surface area contributed by atoms with Crippen molar-refractivity contribution >= 4 is 29.2 Å². The average molecular weight is 300 g/mol. The number of aromatic nitrogens is 3. The highest BCUT2D eigenvalue weighted by molar-refractivity contribution is 6.37. The van der Waals surface area contributed by atoms with Gasteiger partial charge in [0.1, 0.15) is 11.5 Å². The molecule has 0 saturated heterocycles. The van der Waals surface area contributed by atoms with Crippen LogP contribution in [0.3, 0.4) is 0 Å². The van der Waals surface area contributed by atoms with Gasteiger partial charge in [0.2, 0.25) is 0 Å². The van der Waals surface area contributed by atoms with Gasteiger partial charge in [-0.2, -0.15) is 0 Å². The van der Waals surface area contributed by atoms with E-state index in [0.29, 0.717) is 21.6 Å². The van der Waals surface area contributed by atoms with Gasteiger partial charge in [-0.3, -0.25) is 0 Å². The first-order valence-electron chi connectivity index (χ1n) is 5.56. The molecule has 1 aromatic carbocycles. The zero-order chi connectivity index (χ0) is 14.2. The Morgan fingerprint density at radius 1 is 1.32 bits per heavy atom. The van der Waals surface area contributed by atoms with Gasteiger partial charge < -0.3 is 5.11 Å². The first kappa shape index (κ1) is 13.8. The van der Waals surface area contributed by atoms with Gasteiger partial charge in [0.15, 0.2) is 0 Å². The summed E-state index contributed by atoms with van der Waals surface area (Å²) in [4.78, 5) is 15.0. The number of benzene rings is 1. The third kappa shape index (κ3) is 2.57. The molecule has 0 atom stereocenters. The van der Waals surface area contributed by atoms with Gasteiger partial charge in [0.25, 0.3) is 5.82 Å². The molecular formula is C12H11Cl2N3O2. The van der Waals surface area contributed by atoms with E-state index in [0.717, 1.165) is 0 Å². The summed E-state index contributed by atoms with van der Waals surface area (Å²) >= 11 is 12.2. The predicted octanol–water partition coefficient (Wildman–Crippen LogP) is 3.40. The van der Waals surface area contributed by atoms with Crippen LogP contribution in [-0.2, 0) is 0 Å². The predicted molar refractivity (Wildman–Crippen MR) is 72.4 cm³/mol. The number of hydrogen-bond acceptors (Lipinski definition) is 3. The third-order valence-corrected chi connectivity index (χ3v) is 3.10. The van der Waals surface area contributed by atoms with E-state index in [9.17, 15) is 4.79 Å². The number of halogens is 2. The Labute approximate surface area is 119 Å². The Balaban J connectivity index is 2.70. The van der Waals surface area contributed by atoms with E-state index in [1.165, 1.54) is 4.68 Å². The minimum Gasteiger partial charge on any atom is -0.475 e. The molecule has 5 nitrogen and oxygen atoms in total. The summed E-state index contributed by atoms with van der Waals surface area (Å²) in [6.07, 6.45) is 0. The number of carbonyl (C=O) groups is 1. The maximum atomic E-state index is 11.0. The van der Waals surface area contributed by atoms with Gasteiger partial charge in [0.05, 0.1) is 10.0 Å². The summed E-state index contributed by atoms with van der Waals surface area (Å²) in [6.45, 7) is 3.77. The molecule has 0 saturated carbocycles. The van der Waals surface area contributed by atoms with E-state index < -0.39 is 5.97 Å².